The number of hydrogen-bond donors (Lipinski definition) is 1. The third kappa shape index (κ3) is 3.94. The van der Waals surface area contributed by atoms with Crippen molar-refractivity contribution < 1.29 is 4.74 Å². The van der Waals surface area contributed by atoms with Crippen LogP contribution in [0.2, 0.25) is 0 Å². The normalized spacial score (nSPS) is 31.9. The molecular weight excluding hydrogens is 250 g/mol. The van der Waals surface area contributed by atoms with E-state index in [0.29, 0.717) is 5.92 Å². The Morgan fingerprint density at radius 1 is 1.35 bits per heavy atom. The van der Waals surface area contributed by atoms with Crippen LogP contribution in [0.25, 0.3) is 0 Å². The van der Waals surface area contributed by atoms with Crippen LogP contribution in [-0.4, -0.2) is 49.8 Å². The number of nitriles is 1. The molecule has 1 saturated carbocycles. The monoisotopic (exact) mass is 279 g/mol. The summed E-state index contributed by atoms with van der Waals surface area (Å²) in [6, 6.07) is 2.61. The van der Waals surface area contributed by atoms with Gasteiger partial charge >= 0.3 is 0 Å². The highest BCUT2D eigenvalue weighted by Crippen LogP contribution is 2.37. The zero-order chi connectivity index (χ0) is 14.3. The molecule has 114 valence electrons. The summed E-state index contributed by atoms with van der Waals surface area (Å²) in [6.45, 7) is 8.21. The Labute approximate surface area is 123 Å². The van der Waals surface area contributed by atoms with Crippen molar-refractivity contribution in [3.05, 3.63) is 0 Å². The van der Waals surface area contributed by atoms with Crippen LogP contribution in [0.15, 0.2) is 0 Å². The molecule has 0 bridgehead atoms. The lowest BCUT2D eigenvalue weighted by Crippen LogP contribution is -2.48. The van der Waals surface area contributed by atoms with Gasteiger partial charge in [0.2, 0.25) is 0 Å². The first-order valence-electron chi connectivity index (χ1n) is 8.27. The summed E-state index contributed by atoms with van der Waals surface area (Å²) in [5.74, 6) is 0.517. The maximum atomic E-state index is 9.65. The molecule has 1 saturated heterocycles. The quantitative estimate of drug-likeness (QED) is 0.809. The molecule has 4 heteroatoms. The Kier molecular flexibility index (Phi) is 6.28. The second kappa shape index (κ2) is 7.97. The maximum Gasteiger partial charge on any atom is 0.109 e. The first-order chi connectivity index (χ1) is 9.80. The van der Waals surface area contributed by atoms with E-state index in [4.69, 9.17) is 4.74 Å². The molecule has 0 spiro atoms. The lowest BCUT2D eigenvalue weighted by Gasteiger charge is -2.31. The van der Waals surface area contributed by atoms with Crippen molar-refractivity contribution in [3.8, 4) is 6.07 Å². The maximum absolute atomic E-state index is 9.65. The largest absolute Gasteiger partial charge is 0.380 e. The molecule has 1 aliphatic carbocycles. The molecule has 0 radical (unpaired) electrons. The van der Waals surface area contributed by atoms with E-state index in [1.165, 1.54) is 12.8 Å². The van der Waals surface area contributed by atoms with Crippen LogP contribution in [0.5, 0.6) is 0 Å². The van der Waals surface area contributed by atoms with Gasteiger partial charge in [-0.3, -0.25) is 5.32 Å². The molecule has 4 nitrogen and oxygen atoms in total. The minimum atomic E-state index is -0.252. The minimum absolute atomic E-state index is 0.252. The van der Waals surface area contributed by atoms with Gasteiger partial charge in [0.1, 0.15) is 5.54 Å². The first-order valence-corrected chi connectivity index (χ1v) is 8.27. The van der Waals surface area contributed by atoms with E-state index in [1.54, 1.807) is 0 Å². The Morgan fingerprint density at radius 2 is 2.25 bits per heavy atom. The molecule has 20 heavy (non-hydrogen) atoms. The van der Waals surface area contributed by atoms with Crippen LogP contribution in [0, 0.1) is 17.2 Å². The highest BCUT2D eigenvalue weighted by Gasteiger charge is 2.42. The smallest absolute Gasteiger partial charge is 0.109 e. The average Bonchev–Trinajstić information content (AvgIpc) is 2.69. The van der Waals surface area contributed by atoms with E-state index >= 15 is 0 Å². The SMILES string of the molecule is CCCNC1(C#N)CCCC1CCN1CCCOCC1. The molecule has 2 rings (SSSR count). The fourth-order valence-corrected chi connectivity index (χ4v) is 3.60. The number of nitrogens with one attached hydrogen (secondary N) is 1. The van der Waals surface area contributed by atoms with Crippen molar-refractivity contribution in [3.63, 3.8) is 0 Å². The summed E-state index contributed by atoms with van der Waals surface area (Å²) < 4.78 is 5.51. The molecule has 1 N–H and O–H groups in total. The predicted octanol–water partition coefficient (Wildman–Crippen LogP) is 2.16. The third-order valence-electron chi connectivity index (χ3n) is 4.82. The van der Waals surface area contributed by atoms with Crippen molar-refractivity contribution >= 4 is 0 Å². The van der Waals surface area contributed by atoms with Crippen molar-refractivity contribution in [1.29, 1.82) is 5.26 Å². The standard InChI is InChI=1S/C16H29N3O/c1-2-8-18-16(14-17)7-3-5-15(16)6-10-19-9-4-12-20-13-11-19/h15,18H,2-13H2,1H3. The summed E-state index contributed by atoms with van der Waals surface area (Å²) >= 11 is 0. The van der Waals surface area contributed by atoms with Crippen molar-refractivity contribution in [2.24, 2.45) is 5.92 Å². The van der Waals surface area contributed by atoms with Crippen LogP contribution >= 0.6 is 0 Å². The van der Waals surface area contributed by atoms with E-state index in [0.717, 1.165) is 65.1 Å². The van der Waals surface area contributed by atoms with Gasteiger partial charge in [-0.2, -0.15) is 5.26 Å². The molecule has 2 aliphatic rings. The van der Waals surface area contributed by atoms with E-state index in [2.05, 4.69) is 23.2 Å². The third-order valence-corrected chi connectivity index (χ3v) is 4.82. The average molecular weight is 279 g/mol. The zero-order valence-electron chi connectivity index (χ0n) is 12.9. The van der Waals surface area contributed by atoms with Gasteiger partial charge in [-0.15, -0.1) is 0 Å². The van der Waals surface area contributed by atoms with Crippen molar-refractivity contribution in [1.82, 2.24) is 10.2 Å². The van der Waals surface area contributed by atoms with Crippen molar-refractivity contribution in [2.45, 2.75) is 51.0 Å². The summed E-state index contributed by atoms with van der Waals surface area (Å²) in [5, 5.41) is 13.2. The predicted molar refractivity (Wildman–Crippen MR) is 80.5 cm³/mol. The Morgan fingerprint density at radius 3 is 3.05 bits per heavy atom. The Hall–Kier alpha value is -0.630. The first kappa shape index (κ1) is 15.8. The van der Waals surface area contributed by atoms with E-state index in [9.17, 15) is 5.26 Å². The van der Waals surface area contributed by atoms with Gasteiger partial charge < -0.3 is 9.64 Å². The molecule has 2 unspecified atom stereocenters. The lowest BCUT2D eigenvalue weighted by molar-refractivity contribution is 0.139. The molecule has 1 aliphatic heterocycles. The number of nitrogens with zero attached hydrogens (tertiary/aromatic N) is 2. The van der Waals surface area contributed by atoms with Crippen LogP contribution in [-0.2, 0) is 4.74 Å². The zero-order valence-corrected chi connectivity index (χ0v) is 12.9. The summed E-state index contributed by atoms with van der Waals surface area (Å²) in [7, 11) is 0. The molecule has 2 fully saturated rings. The number of ether oxygens (including phenoxy) is 1. The van der Waals surface area contributed by atoms with Gasteiger partial charge in [-0.25, -0.2) is 0 Å². The molecule has 0 aromatic rings. The van der Waals surface area contributed by atoms with Crippen LogP contribution in [0.3, 0.4) is 0 Å². The van der Waals surface area contributed by atoms with E-state index < -0.39 is 0 Å². The minimum Gasteiger partial charge on any atom is -0.380 e. The van der Waals surface area contributed by atoms with E-state index in [-0.39, 0.29) is 5.54 Å². The highest BCUT2D eigenvalue weighted by molar-refractivity contribution is 5.14. The summed E-state index contributed by atoms with van der Waals surface area (Å²) in [5.41, 5.74) is -0.252. The van der Waals surface area contributed by atoms with Gasteiger partial charge in [-0.05, 0) is 51.1 Å². The van der Waals surface area contributed by atoms with E-state index in [1.807, 2.05) is 0 Å². The van der Waals surface area contributed by atoms with Crippen LogP contribution < -0.4 is 5.32 Å². The molecule has 0 amide bonds. The number of rotatable bonds is 6. The second-order valence-electron chi connectivity index (χ2n) is 6.20. The van der Waals surface area contributed by atoms with Gasteiger partial charge in [0.05, 0.1) is 12.7 Å². The van der Waals surface area contributed by atoms with Gasteiger partial charge in [0.15, 0.2) is 0 Å². The van der Waals surface area contributed by atoms with Gasteiger partial charge in [0.25, 0.3) is 0 Å². The molecular formula is C16H29N3O. The summed E-state index contributed by atoms with van der Waals surface area (Å²) in [4.78, 5) is 2.51. The molecule has 2 atom stereocenters. The van der Waals surface area contributed by atoms with Gasteiger partial charge in [0, 0.05) is 19.7 Å². The molecule has 0 aromatic carbocycles. The second-order valence-corrected chi connectivity index (χ2v) is 6.20. The van der Waals surface area contributed by atoms with Crippen LogP contribution in [0.1, 0.15) is 45.4 Å². The topological polar surface area (TPSA) is 48.3 Å². The fourth-order valence-electron chi connectivity index (χ4n) is 3.60. The van der Waals surface area contributed by atoms with Crippen molar-refractivity contribution in [2.75, 3.05) is 39.4 Å². The highest BCUT2D eigenvalue weighted by atomic mass is 16.5. The molecule has 0 aromatic heterocycles. The molecule has 1 heterocycles. The Balaban J connectivity index is 1.85. The fraction of sp³-hybridized carbons (Fsp3) is 0.938. The lowest BCUT2D eigenvalue weighted by atomic mass is 9.85. The summed E-state index contributed by atoms with van der Waals surface area (Å²) in [6.07, 6.45) is 6.80. The van der Waals surface area contributed by atoms with Crippen LogP contribution in [0.4, 0.5) is 0 Å². The van der Waals surface area contributed by atoms with Gasteiger partial charge in [-0.1, -0.05) is 13.3 Å². The number of hydrogen-bond acceptors (Lipinski definition) is 4. The Bertz CT molecular complexity index is 320.